The van der Waals surface area contributed by atoms with Crippen molar-refractivity contribution in [2.75, 3.05) is 0 Å². The molecule has 1 heterocycles. The van der Waals surface area contributed by atoms with Crippen LogP contribution in [0.4, 0.5) is 0 Å². The maximum atomic E-state index is 9.50. The van der Waals surface area contributed by atoms with Crippen molar-refractivity contribution in [3.05, 3.63) is 59.3 Å². The molecular weight excluding hydrogens is 242 g/mol. The number of nitrogens with zero attached hydrogens (tertiary/aromatic N) is 1. The second-order valence-corrected chi connectivity index (χ2v) is 5.30. The number of aliphatic hydroxyl groups excluding tert-OH is 1. The van der Waals surface area contributed by atoms with Crippen LogP contribution in [0, 0.1) is 6.92 Å². The maximum Gasteiger partial charge on any atom is 0.0992 e. The molecule has 1 aromatic carbocycles. The standard InChI is InChI=1S/C15H17NOS/c1-11-8-14(12(2)17)9-16-15(11)18-10-13-6-4-3-5-7-13/h3-9,12,17H,10H2,1-2H3. The molecule has 0 aliphatic rings. The van der Waals surface area contributed by atoms with Crippen LogP contribution in [0.15, 0.2) is 47.6 Å². The fraction of sp³-hybridized carbons (Fsp3) is 0.267. The number of aryl methyl sites for hydroxylation is 1. The normalized spacial score (nSPS) is 12.4. The summed E-state index contributed by atoms with van der Waals surface area (Å²) in [7, 11) is 0. The van der Waals surface area contributed by atoms with Gasteiger partial charge in [0.15, 0.2) is 0 Å². The van der Waals surface area contributed by atoms with E-state index < -0.39 is 6.10 Å². The van der Waals surface area contributed by atoms with Gasteiger partial charge in [-0.2, -0.15) is 0 Å². The summed E-state index contributed by atoms with van der Waals surface area (Å²) in [5.74, 6) is 0.919. The Morgan fingerprint density at radius 2 is 2.00 bits per heavy atom. The summed E-state index contributed by atoms with van der Waals surface area (Å²) in [6, 6.07) is 12.4. The summed E-state index contributed by atoms with van der Waals surface area (Å²) in [5.41, 5.74) is 3.29. The quantitative estimate of drug-likeness (QED) is 0.849. The van der Waals surface area contributed by atoms with Crippen molar-refractivity contribution < 1.29 is 5.11 Å². The lowest BCUT2D eigenvalue weighted by atomic mass is 10.1. The predicted molar refractivity (Wildman–Crippen MR) is 75.6 cm³/mol. The number of pyridine rings is 1. The Balaban J connectivity index is 2.06. The minimum atomic E-state index is -0.454. The molecule has 0 fully saturated rings. The van der Waals surface area contributed by atoms with E-state index in [0.29, 0.717) is 0 Å². The number of hydrogen-bond donors (Lipinski definition) is 1. The minimum Gasteiger partial charge on any atom is -0.389 e. The van der Waals surface area contributed by atoms with Crippen LogP contribution in [0.1, 0.15) is 29.7 Å². The molecule has 1 N–H and O–H groups in total. The van der Waals surface area contributed by atoms with Gasteiger partial charge in [-0.1, -0.05) is 30.3 Å². The molecule has 0 aliphatic heterocycles. The molecule has 2 rings (SSSR count). The van der Waals surface area contributed by atoms with Crippen LogP contribution < -0.4 is 0 Å². The van der Waals surface area contributed by atoms with Gasteiger partial charge in [0.25, 0.3) is 0 Å². The van der Waals surface area contributed by atoms with Crippen LogP contribution in [0.25, 0.3) is 0 Å². The fourth-order valence-corrected chi connectivity index (χ4v) is 2.60. The number of aliphatic hydroxyl groups is 1. The van der Waals surface area contributed by atoms with Gasteiger partial charge in [0.2, 0.25) is 0 Å². The number of hydrogen-bond acceptors (Lipinski definition) is 3. The van der Waals surface area contributed by atoms with Crippen LogP contribution >= 0.6 is 11.8 Å². The van der Waals surface area contributed by atoms with Gasteiger partial charge in [-0.3, -0.25) is 0 Å². The van der Waals surface area contributed by atoms with Gasteiger partial charge in [-0.05, 0) is 36.6 Å². The summed E-state index contributed by atoms with van der Waals surface area (Å²) in [4.78, 5) is 4.42. The third-order valence-corrected chi connectivity index (χ3v) is 3.93. The highest BCUT2D eigenvalue weighted by molar-refractivity contribution is 7.98. The molecule has 0 saturated heterocycles. The Labute approximate surface area is 112 Å². The van der Waals surface area contributed by atoms with Gasteiger partial charge in [0, 0.05) is 11.9 Å². The number of thioether (sulfide) groups is 1. The lowest BCUT2D eigenvalue weighted by Crippen LogP contribution is -1.95. The molecule has 1 unspecified atom stereocenters. The zero-order valence-corrected chi connectivity index (χ0v) is 11.4. The van der Waals surface area contributed by atoms with Gasteiger partial charge in [-0.25, -0.2) is 4.98 Å². The van der Waals surface area contributed by atoms with E-state index in [9.17, 15) is 5.11 Å². The molecule has 1 atom stereocenters. The highest BCUT2D eigenvalue weighted by Crippen LogP contribution is 2.25. The maximum absolute atomic E-state index is 9.50. The van der Waals surface area contributed by atoms with E-state index in [4.69, 9.17) is 0 Å². The Kier molecular flexibility index (Phi) is 4.39. The second kappa shape index (κ2) is 6.03. The second-order valence-electron chi connectivity index (χ2n) is 4.34. The monoisotopic (exact) mass is 259 g/mol. The molecule has 0 bridgehead atoms. The van der Waals surface area contributed by atoms with E-state index in [1.54, 1.807) is 24.9 Å². The van der Waals surface area contributed by atoms with Crippen molar-refractivity contribution in [2.45, 2.75) is 30.7 Å². The van der Waals surface area contributed by atoms with Gasteiger partial charge < -0.3 is 5.11 Å². The Bertz CT molecular complexity index is 511. The van der Waals surface area contributed by atoms with Crippen LogP contribution in [0.5, 0.6) is 0 Å². The first-order chi connectivity index (χ1) is 8.66. The predicted octanol–water partition coefficient (Wildman–Crippen LogP) is 3.74. The Hall–Kier alpha value is -1.32. The van der Waals surface area contributed by atoms with Gasteiger partial charge >= 0.3 is 0 Å². The molecule has 18 heavy (non-hydrogen) atoms. The third kappa shape index (κ3) is 3.34. The number of benzene rings is 1. The van der Waals surface area contributed by atoms with E-state index in [-0.39, 0.29) is 0 Å². The first-order valence-electron chi connectivity index (χ1n) is 5.98. The first kappa shape index (κ1) is 13.1. The average molecular weight is 259 g/mol. The number of aromatic nitrogens is 1. The average Bonchev–Trinajstić information content (AvgIpc) is 2.38. The zero-order valence-electron chi connectivity index (χ0n) is 10.6. The molecule has 0 spiro atoms. The molecule has 2 nitrogen and oxygen atoms in total. The molecule has 0 aliphatic carbocycles. The van der Waals surface area contributed by atoms with Crippen LogP contribution in [-0.4, -0.2) is 10.1 Å². The van der Waals surface area contributed by atoms with E-state index in [2.05, 4.69) is 17.1 Å². The SMILES string of the molecule is Cc1cc(C(C)O)cnc1SCc1ccccc1. The lowest BCUT2D eigenvalue weighted by molar-refractivity contribution is 0.198. The van der Waals surface area contributed by atoms with Crippen molar-refractivity contribution in [3.8, 4) is 0 Å². The number of rotatable bonds is 4. The van der Waals surface area contributed by atoms with Crippen molar-refractivity contribution in [2.24, 2.45) is 0 Å². The van der Waals surface area contributed by atoms with Crippen molar-refractivity contribution in [1.82, 2.24) is 4.98 Å². The molecule has 94 valence electrons. The van der Waals surface area contributed by atoms with E-state index in [1.807, 2.05) is 31.2 Å². The van der Waals surface area contributed by atoms with Gasteiger partial charge in [0.1, 0.15) is 0 Å². The van der Waals surface area contributed by atoms with Crippen molar-refractivity contribution in [1.29, 1.82) is 0 Å². The van der Waals surface area contributed by atoms with Crippen molar-refractivity contribution in [3.63, 3.8) is 0 Å². The highest BCUT2D eigenvalue weighted by Gasteiger charge is 2.06. The van der Waals surface area contributed by atoms with Crippen molar-refractivity contribution >= 4 is 11.8 Å². The molecule has 0 saturated carbocycles. The third-order valence-electron chi connectivity index (χ3n) is 2.75. The van der Waals surface area contributed by atoms with E-state index >= 15 is 0 Å². The zero-order chi connectivity index (χ0) is 13.0. The highest BCUT2D eigenvalue weighted by atomic mass is 32.2. The lowest BCUT2D eigenvalue weighted by Gasteiger charge is -2.09. The molecule has 2 aromatic rings. The molecule has 1 aromatic heterocycles. The van der Waals surface area contributed by atoms with Gasteiger partial charge in [0.05, 0.1) is 11.1 Å². The summed E-state index contributed by atoms with van der Waals surface area (Å²) < 4.78 is 0. The summed E-state index contributed by atoms with van der Waals surface area (Å²) in [5, 5.41) is 10.5. The fourth-order valence-electron chi connectivity index (χ4n) is 1.69. The summed E-state index contributed by atoms with van der Waals surface area (Å²) in [6.45, 7) is 3.79. The molecular formula is C15H17NOS. The molecule has 0 radical (unpaired) electrons. The summed E-state index contributed by atoms with van der Waals surface area (Å²) in [6.07, 6.45) is 1.30. The molecule has 3 heteroatoms. The first-order valence-corrected chi connectivity index (χ1v) is 6.96. The topological polar surface area (TPSA) is 33.1 Å². The smallest absolute Gasteiger partial charge is 0.0992 e. The Morgan fingerprint density at radius 1 is 1.28 bits per heavy atom. The molecule has 0 amide bonds. The summed E-state index contributed by atoms with van der Waals surface area (Å²) >= 11 is 1.73. The largest absolute Gasteiger partial charge is 0.389 e. The van der Waals surface area contributed by atoms with Gasteiger partial charge in [-0.15, -0.1) is 11.8 Å². The van der Waals surface area contributed by atoms with Crippen LogP contribution in [0.2, 0.25) is 0 Å². The van der Waals surface area contributed by atoms with Crippen LogP contribution in [-0.2, 0) is 5.75 Å². The Morgan fingerprint density at radius 3 is 2.61 bits per heavy atom. The minimum absolute atomic E-state index is 0.454. The van der Waals surface area contributed by atoms with Crippen LogP contribution in [0.3, 0.4) is 0 Å². The van der Waals surface area contributed by atoms with E-state index in [1.165, 1.54) is 5.56 Å². The van der Waals surface area contributed by atoms with E-state index in [0.717, 1.165) is 21.9 Å².